The smallest absolute Gasteiger partial charge is 0.302 e. The molecule has 0 aromatic rings. The van der Waals surface area contributed by atoms with Crippen LogP contribution in [0.1, 0.15) is 113 Å². The Balaban J connectivity index is 1.40. The number of fused-ring (bicyclic) bond motifs is 3. The number of carbonyl (C=O) groups excluding carboxylic acids is 1. The van der Waals surface area contributed by atoms with Gasteiger partial charge in [-0.05, 0) is 79.6 Å². The van der Waals surface area contributed by atoms with Crippen molar-refractivity contribution in [2.75, 3.05) is 0 Å². The van der Waals surface area contributed by atoms with Gasteiger partial charge in [0.2, 0.25) is 0 Å². The predicted molar refractivity (Wildman–Crippen MR) is 134 cm³/mol. The zero-order valence-corrected chi connectivity index (χ0v) is 22.7. The van der Waals surface area contributed by atoms with E-state index in [4.69, 9.17) is 14.5 Å². The van der Waals surface area contributed by atoms with Gasteiger partial charge in [0.25, 0.3) is 0 Å². The van der Waals surface area contributed by atoms with Crippen molar-refractivity contribution in [3.63, 3.8) is 0 Å². The van der Waals surface area contributed by atoms with Crippen molar-refractivity contribution < 1.29 is 19.3 Å². The van der Waals surface area contributed by atoms with E-state index in [2.05, 4.69) is 47.6 Å². The van der Waals surface area contributed by atoms with Gasteiger partial charge in [0.15, 0.2) is 0 Å². The molecule has 3 saturated carbocycles. The van der Waals surface area contributed by atoms with Crippen molar-refractivity contribution in [1.82, 2.24) is 0 Å². The van der Waals surface area contributed by atoms with Crippen molar-refractivity contribution in [3.8, 4) is 0 Å². The van der Waals surface area contributed by atoms with Crippen LogP contribution in [0.5, 0.6) is 0 Å². The largest absolute Gasteiger partial charge is 0.462 e. The van der Waals surface area contributed by atoms with Crippen LogP contribution in [-0.4, -0.2) is 23.3 Å². The lowest BCUT2D eigenvalue weighted by molar-refractivity contribution is -0.494. The molecule has 2 bridgehead atoms. The van der Waals surface area contributed by atoms with Gasteiger partial charge in [-0.25, -0.2) is 9.78 Å². The molecule has 2 saturated heterocycles. The van der Waals surface area contributed by atoms with E-state index in [1.54, 1.807) is 0 Å². The number of hydrogen-bond donors (Lipinski definition) is 0. The minimum atomic E-state index is -0.356. The molecule has 6 rings (SSSR count). The fourth-order valence-corrected chi connectivity index (χ4v) is 9.32. The molecule has 2 aliphatic heterocycles. The van der Waals surface area contributed by atoms with Crippen molar-refractivity contribution in [2.45, 2.75) is 130 Å². The van der Waals surface area contributed by atoms with Crippen LogP contribution in [0.15, 0.2) is 11.6 Å². The van der Waals surface area contributed by atoms with Crippen LogP contribution < -0.4 is 0 Å². The number of ether oxygens (including phenoxy) is 1. The van der Waals surface area contributed by atoms with Gasteiger partial charge < -0.3 is 4.74 Å². The van der Waals surface area contributed by atoms with E-state index >= 15 is 0 Å². The van der Waals surface area contributed by atoms with Crippen LogP contribution in [0.4, 0.5) is 0 Å². The van der Waals surface area contributed by atoms with Gasteiger partial charge in [-0.15, -0.1) is 0 Å². The molecule has 4 aliphatic carbocycles. The monoisotopic (exact) mass is 472 g/mol. The van der Waals surface area contributed by atoms with Gasteiger partial charge in [0.1, 0.15) is 17.3 Å². The molecule has 0 radical (unpaired) electrons. The van der Waals surface area contributed by atoms with Crippen molar-refractivity contribution in [2.24, 2.45) is 40.4 Å². The third-order valence-corrected chi connectivity index (χ3v) is 11.8. The van der Waals surface area contributed by atoms with E-state index in [1.807, 2.05) is 0 Å². The normalized spacial score (nSPS) is 46.8. The summed E-state index contributed by atoms with van der Waals surface area (Å²) in [6, 6.07) is 0. The summed E-state index contributed by atoms with van der Waals surface area (Å²) in [7, 11) is 0. The zero-order valence-electron chi connectivity index (χ0n) is 22.7. The molecule has 0 aromatic heterocycles. The van der Waals surface area contributed by atoms with E-state index in [0.29, 0.717) is 5.92 Å². The highest BCUT2D eigenvalue weighted by Crippen LogP contribution is 2.73. The van der Waals surface area contributed by atoms with E-state index in [9.17, 15) is 4.79 Å². The lowest BCUT2D eigenvalue weighted by atomic mass is 9.44. The average molecular weight is 473 g/mol. The predicted octanol–water partition coefficient (Wildman–Crippen LogP) is 7.41. The number of allylic oxidation sites excluding steroid dienone is 1. The molecule has 9 atom stereocenters. The molecule has 0 N–H and O–H groups in total. The lowest BCUT2D eigenvalue weighted by Crippen LogP contribution is -2.71. The van der Waals surface area contributed by atoms with Gasteiger partial charge in [-0.3, -0.25) is 4.79 Å². The van der Waals surface area contributed by atoms with Crippen LogP contribution in [0.3, 0.4) is 0 Å². The van der Waals surface area contributed by atoms with Crippen LogP contribution in [0.2, 0.25) is 0 Å². The second kappa shape index (κ2) is 8.33. The van der Waals surface area contributed by atoms with Gasteiger partial charge in [-0.2, -0.15) is 0 Å². The summed E-state index contributed by atoms with van der Waals surface area (Å²) in [5, 5.41) is 0. The standard InChI is InChI=1S/C30H48O4/c1-19(2)20(3)8-9-21(4)24-10-11-25-27(24,6)14-13-26-28(7)15-12-23(32-22(5)31)18-29(28)16-17-30(25,26)34-33-29/h13,19-21,23-25H,8-12,14-18H2,1-7H3/t20-,21+,23+,24-,25+,27+,28+,29+,30-/m0/s1. The molecule has 4 heteroatoms. The molecule has 2 spiro atoms. The van der Waals surface area contributed by atoms with Crippen molar-refractivity contribution in [1.29, 1.82) is 0 Å². The second-order valence-corrected chi connectivity index (χ2v) is 13.7. The molecular weight excluding hydrogens is 424 g/mol. The zero-order chi connectivity index (χ0) is 24.5. The van der Waals surface area contributed by atoms with Gasteiger partial charge in [-0.1, -0.05) is 60.5 Å². The molecule has 4 nitrogen and oxygen atoms in total. The van der Waals surface area contributed by atoms with E-state index in [1.165, 1.54) is 44.6 Å². The third-order valence-electron chi connectivity index (χ3n) is 11.8. The quantitative estimate of drug-likeness (QED) is 0.229. The summed E-state index contributed by atoms with van der Waals surface area (Å²) < 4.78 is 5.65. The topological polar surface area (TPSA) is 44.8 Å². The highest BCUT2D eigenvalue weighted by molar-refractivity contribution is 5.66. The lowest BCUT2D eigenvalue weighted by Gasteiger charge is -2.69. The first-order valence-electron chi connectivity index (χ1n) is 14.2. The van der Waals surface area contributed by atoms with E-state index in [0.717, 1.165) is 55.8 Å². The number of carbonyl (C=O) groups is 1. The summed E-state index contributed by atoms with van der Waals surface area (Å²) in [6.07, 6.45) is 13.7. The fraction of sp³-hybridized carbons (Fsp3) is 0.900. The highest BCUT2D eigenvalue weighted by Gasteiger charge is 2.73. The number of hydrogen-bond acceptors (Lipinski definition) is 4. The molecule has 5 fully saturated rings. The minimum Gasteiger partial charge on any atom is -0.462 e. The highest BCUT2D eigenvalue weighted by atomic mass is 17.2. The van der Waals surface area contributed by atoms with E-state index < -0.39 is 0 Å². The second-order valence-electron chi connectivity index (χ2n) is 13.7. The average Bonchev–Trinajstić information content (AvgIpc) is 3.14. The Morgan fingerprint density at radius 1 is 1.06 bits per heavy atom. The Labute approximate surface area is 207 Å². The van der Waals surface area contributed by atoms with Crippen LogP contribution >= 0.6 is 0 Å². The third kappa shape index (κ3) is 3.40. The maximum atomic E-state index is 11.6. The van der Waals surface area contributed by atoms with Gasteiger partial charge >= 0.3 is 5.97 Å². The minimum absolute atomic E-state index is 0.0160. The summed E-state index contributed by atoms with van der Waals surface area (Å²) in [6.45, 7) is 16.2. The van der Waals surface area contributed by atoms with Gasteiger partial charge in [0.05, 0.1) is 0 Å². The molecule has 2 heterocycles. The molecule has 0 aromatic carbocycles. The number of rotatable bonds is 6. The molecule has 0 amide bonds. The first-order valence-corrected chi connectivity index (χ1v) is 14.2. The molecular formula is C30H48O4. The maximum Gasteiger partial charge on any atom is 0.302 e. The maximum absolute atomic E-state index is 11.6. The van der Waals surface area contributed by atoms with Crippen LogP contribution in [0, 0.1) is 40.4 Å². The van der Waals surface area contributed by atoms with Crippen molar-refractivity contribution >= 4 is 5.97 Å². The Hall–Kier alpha value is -0.870. The number of esters is 1. The Morgan fingerprint density at radius 2 is 1.82 bits per heavy atom. The summed E-state index contributed by atoms with van der Waals surface area (Å²) in [4.78, 5) is 24.7. The first kappa shape index (κ1) is 24.8. The van der Waals surface area contributed by atoms with Crippen LogP contribution in [-0.2, 0) is 19.3 Å². The van der Waals surface area contributed by atoms with Crippen molar-refractivity contribution in [3.05, 3.63) is 11.6 Å². The molecule has 6 aliphatic rings. The Bertz CT molecular complexity index is 837. The summed E-state index contributed by atoms with van der Waals surface area (Å²) in [5.74, 6) is 3.43. The molecule has 0 unspecified atom stereocenters. The fourth-order valence-electron chi connectivity index (χ4n) is 9.32. The van der Waals surface area contributed by atoms with Crippen LogP contribution in [0.25, 0.3) is 0 Å². The van der Waals surface area contributed by atoms with Gasteiger partial charge in [0, 0.05) is 24.7 Å². The SMILES string of the molecule is CC(=O)O[C@@H]1CC[C@]2(C)C3=CC[C@@]4(C)[C@@H](CC[C@H]4[C@H](C)CC[C@H](C)C(C)C)[C@@]34CC[C@]2(C1)OO4. The van der Waals surface area contributed by atoms with E-state index in [-0.39, 0.29) is 34.1 Å². The first-order chi connectivity index (χ1) is 16.0. The summed E-state index contributed by atoms with van der Waals surface area (Å²) >= 11 is 0. The molecule has 34 heavy (non-hydrogen) atoms. The Morgan fingerprint density at radius 3 is 2.47 bits per heavy atom. The summed E-state index contributed by atoms with van der Waals surface area (Å²) in [5.41, 5.74) is 1.19. The Kier molecular flexibility index (Phi) is 6.08. The molecule has 192 valence electrons.